The molecule has 0 rings (SSSR count). The van der Waals surface area contributed by atoms with Gasteiger partial charge in [0.1, 0.15) is 0 Å². The van der Waals surface area contributed by atoms with E-state index >= 15 is 0 Å². The first-order valence-corrected chi connectivity index (χ1v) is 26.3. The number of amides is 1. The standard InChI is InChI=1S/C52H103NO5/c1-3-5-7-9-11-13-14-15-16-20-23-26-30-34-38-42-46-52(57)58-47-43-39-35-31-27-24-21-18-17-19-22-25-29-33-37-41-45-51(56)53-49(48-54)50(55)44-40-36-32-28-12-10-8-6-4-2/h49-50,54-55H,3-48H2,1-2H3,(H,53,56). The zero-order chi connectivity index (χ0) is 42.3. The lowest BCUT2D eigenvalue weighted by Crippen LogP contribution is -2.45. The Kier molecular flexibility index (Phi) is 47.6. The molecule has 58 heavy (non-hydrogen) atoms. The topological polar surface area (TPSA) is 95.9 Å². The minimum atomic E-state index is -0.665. The zero-order valence-electron chi connectivity index (χ0n) is 39.3. The smallest absolute Gasteiger partial charge is 0.305 e. The maximum atomic E-state index is 12.4. The van der Waals surface area contributed by atoms with E-state index in [0.717, 1.165) is 38.5 Å². The molecule has 0 aliphatic carbocycles. The van der Waals surface area contributed by atoms with Crippen molar-refractivity contribution >= 4 is 11.9 Å². The molecular weight excluding hydrogens is 719 g/mol. The van der Waals surface area contributed by atoms with E-state index in [9.17, 15) is 19.8 Å². The second-order valence-corrected chi connectivity index (χ2v) is 18.2. The molecule has 0 saturated heterocycles. The Hall–Kier alpha value is -1.14. The molecule has 0 saturated carbocycles. The van der Waals surface area contributed by atoms with E-state index < -0.39 is 12.1 Å². The number of carbonyl (C=O) groups is 2. The summed E-state index contributed by atoms with van der Waals surface area (Å²) in [6.07, 6.45) is 53.7. The van der Waals surface area contributed by atoms with Crippen LogP contribution in [0, 0.1) is 0 Å². The van der Waals surface area contributed by atoms with Crippen molar-refractivity contribution in [3.05, 3.63) is 0 Å². The number of nitrogens with one attached hydrogen (secondary N) is 1. The van der Waals surface area contributed by atoms with E-state index in [4.69, 9.17) is 4.74 Å². The maximum Gasteiger partial charge on any atom is 0.305 e. The van der Waals surface area contributed by atoms with Crippen molar-refractivity contribution in [3.63, 3.8) is 0 Å². The molecule has 3 N–H and O–H groups in total. The summed E-state index contributed by atoms with van der Waals surface area (Å²) in [5, 5.41) is 23.1. The Morgan fingerprint density at radius 1 is 0.414 bits per heavy atom. The summed E-state index contributed by atoms with van der Waals surface area (Å²) in [5.41, 5.74) is 0. The highest BCUT2D eigenvalue weighted by Gasteiger charge is 2.20. The second kappa shape index (κ2) is 48.5. The van der Waals surface area contributed by atoms with Crippen molar-refractivity contribution in [1.82, 2.24) is 5.32 Å². The van der Waals surface area contributed by atoms with Gasteiger partial charge in [0, 0.05) is 12.8 Å². The van der Waals surface area contributed by atoms with E-state index in [0.29, 0.717) is 25.9 Å². The summed E-state index contributed by atoms with van der Waals surface area (Å²) in [4.78, 5) is 24.4. The fourth-order valence-electron chi connectivity index (χ4n) is 8.35. The fraction of sp³-hybridized carbons (Fsp3) is 0.962. The van der Waals surface area contributed by atoms with Gasteiger partial charge in [-0.15, -0.1) is 0 Å². The summed E-state index contributed by atoms with van der Waals surface area (Å²) in [6.45, 7) is 4.93. The first kappa shape index (κ1) is 56.9. The third-order valence-electron chi connectivity index (χ3n) is 12.4. The van der Waals surface area contributed by atoms with Crippen molar-refractivity contribution in [2.24, 2.45) is 0 Å². The van der Waals surface area contributed by atoms with Gasteiger partial charge in [0.05, 0.1) is 25.4 Å². The molecule has 6 nitrogen and oxygen atoms in total. The number of ether oxygens (including phenoxy) is 1. The number of unbranched alkanes of at least 4 members (excludes halogenated alkanes) is 38. The monoisotopic (exact) mass is 822 g/mol. The number of aliphatic hydroxyl groups excluding tert-OH is 2. The molecule has 2 atom stereocenters. The molecule has 0 aliphatic rings. The second-order valence-electron chi connectivity index (χ2n) is 18.2. The van der Waals surface area contributed by atoms with Crippen LogP contribution in [0.2, 0.25) is 0 Å². The third-order valence-corrected chi connectivity index (χ3v) is 12.4. The van der Waals surface area contributed by atoms with Crippen LogP contribution in [0.5, 0.6) is 0 Å². The number of aliphatic hydroxyl groups is 2. The Morgan fingerprint density at radius 3 is 1.05 bits per heavy atom. The number of rotatable bonds is 49. The molecule has 2 unspecified atom stereocenters. The SMILES string of the molecule is CCCCCCCCCCCCCCCCCCC(=O)OCCCCCCCCCCCCCCCCCCC(=O)NC(CO)C(O)CCCCCCCCCCC. The summed E-state index contributed by atoms with van der Waals surface area (Å²) >= 11 is 0. The number of esters is 1. The molecule has 0 aromatic heterocycles. The predicted molar refractivity (Wildman–Crippen MR) is 250 cm³/mol. The molecule has 0 fully saturated rings. The molecule has 0 radical (unpaired) electrons. The fourth-order valence-corrected chi connectivity index (χ4v) is 8.35. The largest absolute Gasteiger partial charge is 0.466 e. The minimum Gasteiger partial charge on any atom is -0.466 e. The van der Waals surface area contributed by atoms with Gasteiger partial charge >= 0.3 is 5.97 Å². The van der Waals surface area contributed by atoms with Gasteiger partial charge in [0.15, 0.2) is 0 Å². The highest BCUT2D eigenvalue weighted by Crippen LogP contribution is 2.17. The van der Waals surface area contributed by atoms with Gasteiger partial charge in [-0.3, -0.25) is 9.59 Å². The van der Waals surface area contributed by atoms with Crippen LogP contribution in [0.3, 0.4) is 0 Å². The van der Waals surface area contributed by atoms with Gasteiger partial charge in [-0.2, -0.15) is 0 Å². The van der Waals surface area contributed by atoms with E-state index in [1.54, 1.807) is 0 Å². The molecule has 346 valence electrons. The highest BCUT2D eigenvalue weighted by molar-refractivity contribution is 5.76. The molecule has 0 aliphatic heterocycles. The highest BCUT2D eigenvalue weighted by atomic mass is 16.5. The predicted octanol–water partition coefficient (Wildman–Crippen LogP) is 15.6. The lowest BCUT2D eigenvalue weighted by atomic mass is 10.0. The number of hydrogen-bond acceptors (Lipinski definition) is 5. The van der Waals surface area contributed by atoms with E-state index in [1.807, 2.05) is 0 Å². The van der Waals surface area contributed by atoms with Gasteiger partial charge in [-0.05, 0) is 25.7 Å². The van der Waals surface area contributed by atoms with Crippen LogP contribution in [0.1, 0.15) is 296 Å². The normalized spacial score (nSPS) is 12.6. The van der Waals surface area contributed by atoms with E-state index in [1.165, 1.54) is 225 Å². The molecule has 0 bridgehead atoms. The number of hydrogen-bond donors (Lipinski definition) is 3. The average Bonchev–Trinajstić information content (AvgIpc) is 3.22. The number of carbonyl (C=O) groups excluding carboxylic acids is 2. The summed E-state index contributed by atoms with van der Waals surface area (Å²) in [5.74, 6) is -0.0361. The zero-order valence-corrected chi connectivity index (χ0v) is 39.3. The van der Waals surface area contributed by atoms with Crippen LogP contribution >= 0.6 is 0 Å². The quantitative estimate of drug-likeness (QED) is 0.0420. The lowest BCUT2D eigenvalue weighted by molar-refractivity contribution is -0.143. The summed E-state index contributed by atoms with van der Waals surface area (Å²) < 4.78 is 5.48. The lowest BCUT2D eigenvalue weighted by Gasteiger charge is -2.22. The first-order chi connectivity index (χ1) is 28.5. The van der Waals surface area contributed by atoms with Crippen molar-refractivity contribution in [3.8, 4) is 0 Å². The average molecular weight is 822 g/mol. The molecule has 0 spiro atoms. The van der Waals surface area contributed by atoms with Crippen LogP contribution in [-0.4, -0.2) is 47.4 Å². The molecule has 1 amide bonds. The summed E-state index contributed by atoms with van der Waals surface area (Å²) in [7, 11) is 0. The van der Waals surface area contributed by atoms with Crippen molar-refractivity contribution < 1.29 is 24.5 Å². The van der Waals surface area contributed by atoms with Crippen molar-refractivity contribution in [1.29, 1.82) is 0 Å². The van der Waals surface area contributed by atoms with Crippen LogP contribution in [0.4, 0.5) is 0 Å². The Morgan fingerprint density at radius 2 is 0.707 bits per heavy atom. The van der Waals surface area contributed by atoms with Gasteiger partial charge < -0.3 is 20.3 Å². The van der Waals surface area contributed by atoms with Gasteiger partial charge in [0.25, 0.3) is 0 Å². The van der Waals surface area contributed by atoms with Crippen molar-refractivity contribution in [2.75, 3.05) is 13.2 Å². The Labute approximate surface area is 362 Å². The van der Waals surface area contributed by atoms with E-state index in [-0.39, 0.29) is 18.5 Å². The van der Waals surface area contributed by atoms with Gasteiger partial charge in [0.2, 0.25) is 5.91 Å². The molecular formula is C52H103NO5. The van der Waals surface area contributed by atoms with Gasteiger partial charge in [-0.25, -0.2) is 0 Å². The van der Waals surface area contributed by atoms with Crippen LogP contribution in [-0.2, 0) is 14.3 Å². The third kappa shape index (κ3) is 44.4. The Bertz CT molecular complexity index is 822. The molecule has 0 aromatic carbocycles. The van der Waals surface area contributed by atoms with Crippen LogP contribution in [0.15, 0.2) is 0 Å². The molecule has 0 heterocycles. The Balaban J connectivity index is 3.36. The van der Waals surface area contributed by atoms with Crippen LogP contribution in [0.25, 0.3) is 0 Å². The molecule has 6 heteroatoms. The van der Waals surface area contributed by atoms with Crippen molar-refractivity contribution in [2.45, 2.75) is 309 Å². The maximum absolute atomic E-state index is 12.4. The van der Waals surface area contributed by atoms with Crippen LogP contribution < -0.4 is 5.32 Å². The summed E-state index contributed by atoms with van der Waals surface area (Å²) in [6, 6.07) is -0.543. The molecule has 0 aromatic rings. The first-order valence-electron chi connectivity index (χ1n) is 26.3. The van der Waals surface area contributed by atoms with E-state index in [2.05, 4.69) is 19.2 Å². The minimum absolute atomic E-state index is 0.00684. The van der Waals surface area contributed by atoms with Gasteiger partial charge in [-0.1, -0.05) is 258 Å².